The van der Waals surface area contributed by atoms with E-state index in [-0.39, 0.29) is 6.10 Å². The third-order valence-electron chi connectivity index (χ3n) is 4.79. The second-order valence-corrected chi connectivity index (χ2v) is 6.22. The van der Waals surface area contributed by atoms with Gasteiger partial charge in [0.15, 0.2) is 0 Å². The molecule has 0 aromatic heterocycles. The van der Waals surface area contributed by atoms with Crippen molar-refractivity contribution < 1.29 is 5.11 Å². The maximum atomic E-state index is 10.3. The Morgan fingerprint density at radius 1 is 1.17 bits per heavy atom. The fraction of sp³-hybridized carbons (Fsp3) is 1.00. The first-order valence-corrected chi connectivity index (χ1v) is 7.52. The molecule has 3 heteroatoms. The predicted octanol–water partition coefficient (Wildman–Crippen LogP) is 2.34. The molecule has 0 aromatic rings. The van der Waals surface area contributed by atoms with Crippen molar-refractivity contribution in [3.05, 3.63) is 0 Å². The summed E-state index contributed by atoms with van der Waals surface area (Å²) in [4.78, 5) is 4.77. The van der Waals surface area contributed by atoms with E-state index in [1.165, 1.54) is 19.3 Å². The van der Waals surface area contributed by atoms with E-state index in [9.17, 15) is 5.11 Å². The Labute approximate surface area is 113 Å². The van der Waals surface area contributed by atoms with Gasteiger partial charge in [-0.3, -0.25) is 4.90 Å². The van der Waals surface area contributed by atoms with E-state index in [0.717, 1.165) is 25.8 Å². The third-order valence-corrected chi connectivity index (χ3v) is 4.79. The summed E-state index contributed by atoms with van der Waals surface area (Å²) in [7, 11) is 6.56. The zero-order valence-corrected chi connectivity index (χ0v) is 12.9. The number of aliphatic hydroxyl groups is 1. The fourth-order valence-corrected chi connectivity index (χ4v) is 3.28. The van der Waals surface area contributed by atoms with Crippen molar-refractivity contribution >= 4 is 0 Å². The SMILES string of the molecule is CCCC(O)C(CC)N(C)CC1(N(C)C)CCC1. The Morgan fingerprint density at radius 3 is 2.11 bits per heavy atom. The van der Waals surface area contributed by atoms with Crippen LogP contribution >= 0.6 is 0 Å². The molecule has 0 amide bonds. The Kier molecular flexibility index (Phi) is 6.09. The van der Waals surface area contributed by atoms with Gasteiger partial charge in [-0.05, 0) is 53.2 Å². The lowest BCUT2D eigenvalue weighted by atomic mass is 9.75. The van der Waals surface area contributed by atoms with E-state index in [1.54, 1.807) is 0 Å². The molecule has 2 atom stereocenters. The molecular formula is C15H32N2O. The molecule has 3 nitrogen and oxygen atoms in total. The Hall–Kier alpha value is -0.120. The van der Waals surface area contributed by atoms with Gasteiger partial charge in [-0.2, -0.15) is 0 Å². The minimum absolute atomic E-state index is 0.177. The molecule has 0 aromatic carbocycles. The molecule has 108 valence electrons. The molecule has 2 unspecified atom stereocenters. The third kappa shape index (κ3) is 3.46. The van der Waals surface area contributed by atoms with Crippen LogP contribution in [-0.2, 0) is 0 Å². The Morgan fingerprint density at radius 2 is 1.78 bits per heavy atom. The van der Waals surface area contributed by atoms with Gasteiger partial charge in [-0.15, -0.1) is 0 Å². The van der Waals surface area contributed by atoms with Crippen molar-refractivity contribution in [1.29, 1.82) is 0 Å². The number of rotatable bonds is 8. The highest BCUT2D eigenvalue weighted by Gasteiger charge is 2.41. The lowest BCUT2D eigenvalue weighted by molar-refractivity contribution is -0.0136. The highest BCUT2D eigenvalue weighted by Crippen LogP contribution is 2.37. The summed E-state index contributed by atoms with van der Waals surface area (Å²) >= 11 is 0. The van der Waals surface area contributed by atoms with Crippen LogP contribution in [0.2, 0.25) is 0 Å². The summed E-state index contributed by atoms with van der Waals surface area (Å²) in [6.07, 6.45) is 6.77. The summed E-state index contributed by atoms with van der Waals surface area (Å²) in [6, 6.07) is 0.308. The fourth-order valence-electron chi connectivity index (χ4n) is 3.28. The summed E-state index contributed by atoms with van der Waals surface area (Å²) in [6.45, 7) is 5.41. The molecule has 1 fully saturated rings. The monoisotopic (exact) mass is 256 g/mol. The van der Waals surface area contributed by atoms with Crippen LogP contribution in [0.5, 0.6) is 0 Å². The van der Waals surface area contributed by atoms with Crippen LogP contribution in [0.3, 0.4) is 0 Å². The van der Waals surface area contributed by atoms with E-state index in [2.05, 4.69) is 44.8 Å². The molecule has 0 saturated heterocycles. The maximum Gasteiger partial charge on any atom is 0.0695 e. The van der Waals surface area contributed by atoms with E-state index >= 15 is 0 Å². The Balaban J connectivity index is 2.58. The van der Waals surface area contributed by atoms with Crippen molar-refractivity contribution in [2.45, 2.75) is 70.1 Å². The number of nitrogens with zero attached hydrogens (tertiary/aromatic N) is 2. The van der Waals surface area contributed by atoms with Gasteiger partial charge in [0.2, 0.25) is 0 Å². The topological polar surface area (TPSA) is 26.7 Å². The standard InChI is InChI=1S/C15H32N2O/c1-6-9-14(18)13(7-2)17(5)12-15(16(3)4)10-8-11-15/h13-14,18H,6-12H2,1-5H3. The normalized spacial score (nSPS) is 22.0. The van der Waals surface area contributed by atoms with Crippen LogP contribution in [-0.4, -0.2) is 60.3 Å². The van der Waals surface area contributed by atoms with Gasteiger partial charge in [0, 0.05) is 18.1 Å². The highest BCUT2D eigenvalue weighted by molar-refractivity contribution is 4.99. The molecule has 1 aliphatic rings. The van der Waals surface area contributed by atoms with Gasteiger partial charge < -0.3 is 10.0 Å². The van der Waals surface area contributed by atoms with E-state index in [4.69, 9.17) is 0 Å². The number of aliphatic hydroxyl groups excluding tert-OH is 1. The number of hydrogen-bond donors (Lipinski definition) is 1. The molecule has 0 bridgehead atoms. The molecule has 18 heavy (non-hydrogen) atoms. The van der Waals surface area contributed by atoms with Gasteiger partial charge in [0.1, 0.15) is 0 Å². The first kappa shape index (κ1) is 15.9. The van der Waals surface area contributed by atoms with Crippen LogP contribution in [0.4, 0.5) is 0 Å². The lowest BCUT2D eigenvalue weighted by Crippen LogP contribution is -2.59. The van der Waals surface area contributed by atoms with Gasteiger partial charge >= 0.3 is 0 Å². The molecule has 0 radical (unpaired) electrons. The summed E-state index contributed by atoms with van der Waals surface area (Å²) in [5.41, 5.74) is 0.355. The second-order valence-electron chi connectivity index (χ2n) is 6.22. The van der Waals surface area contributed by atoms with E-state index < -0.39 is 0 Å². The van der Waals surface area contributed by atoms with Crippen molar-refractivity contribution in [3.63, 3.8) is 0 Å². The van der Waals surface area contributed by atoms with Gasteiger partial charge in [0.25, 0.3) is 0 Å². The van der Waals surface area contributed by atoms with E-state index in [1.807, 2.05) is 0 Å². The van der Waals surface area contributed by atoms with Crippen molar-refractivity contribution in [1.82, 2.24) is 9.80 Å². The molecule has 0 spiro atoms. The van der Waals surface area contributed by atoms with Crippen molar-refractivity contribution in [3.8, 4) is 0 Å². The predicted molar refractivity (Wildman–Crippen MR) is 77.9 cm³/mol. The summed E-state index contributed by atoms with van der Waals surface area (Å²) < 4.78 is 0. The number of likely N-dealkylation sites (N-methyl/N-ethyl adjacent to an activating group) is 2. The molecule has 1 rings (SSSR count). The molecule has 0 heterocycles. The molecule has 0 aliphatic heterocycles. The molecule has 1 aliphatic carbocycles. The van der Waals surface area contributed by atoms with Crippen LogP contribution in [0, 0.1) is 0 Å². The van der Waals surface area contributed by atoms with Gasteiger partial charge in [0.05, 0.1) is 6.10 Å². The largest absolute Gasteiger partial charge is 0.391 e. The zero-order chi connectivity index (χ0) is 13.8. The zero-order valence-electron chi connectivity index (χ0n) is 12.9. The minimum atomic E-state index is -0.177. The summed E-state index contributed by atoms with van der Waals surface area (Å²) in [5.74, 6) is 0. The second kappa shape index (κ2) is 6.88. The van der Waals surface area contributed by atoms with Gasteiger partial charge in [-0.25, -0.2) is 0 Å². The van der Waals surface area contributed by atoms with Gasteiger partial charge in [-0.1, -0.05) is 20.3 Å². The van der Waals surface area contributed by atoms with Crippen LogP contribution < -0.4 is 0 Å². The molecule has 1 N–H and O–H groups in total. The van der Waals surface area contributed by atoms with Crippen LogP contribution in [0.25, 0.3) is 0 Å². The average molecular weight is 256 g/mol. The highest BCUT2D eigenvalue weighted by atomic mass is 16.3. The smallest absolute Gasteiger partial charge is 0.0695 e. The first-order chi connectivity index (χ1) is 8.46. The van der Waals surface area contributed by atoms with Crippen molar-refractivity contribution in [2.24, 2.45) is 0 Å². The maximum absolute atomic E-state index is 10.3. The first-order valence-electron chi connectivity index (χ1n) is 7.52. The average Bonchev–Trinajstić information content (AvgIpc) is 2.24. The number of hydrogen-bond acceptors (Lipinski definition) is 3. The van der Waals surface area contributed by atoms with E-state index in [0.29, 0.717) is 11.6 Å². The van der Waals surface area contributed by atoms with Crippen LogP contribution in [0.15, 0.2) is 0 Å². The quantitative estimate of drug-likeness (QED) is 0.722. The minimum Gasteiger partial charge on any atom is -0.391 e. The summed E-state index contributed by atoms with van der Waals surface area (Å²) in [5, 5.41) is 10.3. The molecular weight excluding hydrogens is 224 g/mol. The van der Waals surface area contributed by atoms with Crippen molar-refractivity contribution in [2.75, 3.05) is 27.7 Å². The van der Waals surface area contributed by atoms with Crippen LogP contribution in [0.1, 0.15) is 52.4 Å². The Bertz CT molecular complexity index is 239. The lowest BCUT2D eigenvalue weighted by Gasteiger charge is -2.50. The molecule has 1 saturated carbocycles.